The zero-order valence-corrected chi connectivity index (χ0v) is 12.2. The van der Waals surface area contributed by atoms with Gasteiger partial charge in [0.05, 0.1) is 0 Å². The summed E-state index contributed by atoms with van der Waals surface area (Å²) < 4.78 is 0. The van der Waals surface area contributed by atoms with Crippen LogP contribution >= 0.6 is 0 Å². The predicted octanol–water partition coefficient (Wildman–Crippen LogP) is 2.54. The number of aryl methyl sites for hydroxylation is 1. The quantitative estimate of drug-likeness (QED) is 0.645. The van der Waals surface area contributed by atoms with E-state index in [-0.39, 0.29) is 0 Å². The van der Waals surface area contributed by atoms with Crippen LogP contribution in [0, 0.1) is 13.8 Å². The van der Waals surface area contributed by atoms with Gasteiger partial charge >= 0.3 is 0 Å². The smallest absolute Gasteiger partial charge is 0.148 e. The minimum absolute atomic E-state index is 0.609. The Morgan fingerprint density at radius 2 is 1.89 bits per heavy atom. The van der Waals surface area contributed by atoms with E-state index in [1.807, 2.05) is 13.8 Å². The summed E-state index contributed by atoms with van der Waals surface area (Å²) in [4.78, 5) is 11.4. The second kappa shape index (κ2) is 6.19. The number of hydrazine groups is 1. The van der Waals surface area contributed by atoms with Crippen molar-refractivity contribution >= 4 is 11.6 Å². The maximum absolute atomic E-state index is 5.55. The Morgan fingerprint density at radius 1 is 1.21 bits per heavy atom. The lowest BCUT2D eigenvalue weighted by molar-refractivity contribution is 0.415. The van der Waals surface area contributed by atoms with Crippen molar-refractivity contribution in [3.05, 3.63) is 11.4 Å². The summed E-state index contributed by atoms with van der Waals surface area (Å²) in [5.41, 5.74) is 3.72. The molecule has 1 aliphatic carbocycles. The van der Waals surface area contributed by atoms with Gasteiger partial charge in [0.15, 0.2) is 0 Å². The van der Waals surface area contributed by atoms with Gasteiger partial charge in [0.1, 0.15) is 17.5 Å². The van der Waals surface area contributed by atoms with Crippen LogP contribution in [0.2, 0.25) is 0 Å². The molecule has 1 fully saturated rings. The lowest BCUT2D eigenvalue weighted by Gasteiger charge is -2.35. The Morgan fingerprint density at radius 3 is 2.47 bits per heavy atom. The molecule has 0 saturated heterocycles. The van der Waals surface area contributed by atoms with E-state index in [1.165, 1.54) is 32.1 Å². The van der Waals surface area contributed by atoms with Crippen LogP contribution in [0.25, 0.3) is 0 Å². The van der Waals surface area contributed by atoms with Crippen molar-refractivity contribution in [2.45, 2.75) is 58.9 Å². The maximum Gasteiger partial charge on any atom is 0.148 e. The van der Waals surface area contributed by atoms with Crippen LogP contribution in [0.1, 0.15) is 50.4 Å². The lowest BCUT2D eigenvalue weighted by Crippen LogP contribution is -2.38. The van der Waals surface area contributed by atoms with Gasteiger partial charge in [0.25, 0.3) is 0 Å². The normalized spacial score (nSPS) is 16.4. The van der Waals surface area contributed by atoms with Gasteiger partial charge in [0.2, 0.25) is 0 Å². The third-order valence-electron chi connectivity index (χ3n) is 4.00. The SMILES string of the molecule is CCN(c1nc(C)nc(NN)c1C)C1CCCCC1. The van der Waals surface area contributed by atoms with Crippen LogP contribution in [0.15, 0.2) is 0 Å². The molecule has 3 N–H and O–H groups in total. The second-order valence-electron chi connectivity index (χ2n) is 5.29. The van der Waals surface area contributed by atoms with Crippen LogP contribution in [0.3, 0.4) is 0 Å². The zero-order valence-electron chi connectivity index (χ0n) is 12.2. The van der Waals surface area contributed by atoms with Crippen molar-refractivity contribution < 1.29 is 0 Å². The van der Waals surface area contributed by atoms with Gasteiger partial charge in [-0.3, -0.25) is 0 Å². The fourth-order valence-electron chi connectivity index (χ4n) is 3.01. The Labute approximate surface area is 115 Å². The molecule has 106 valence electrons. The Hall–Kier alpha value is -1.36. The third-order valence-corrected chi connectivity index (χ3v) is 4.00. The number of anilines is 2. The van der Waals surface area contributed by atoms with E-state index in [0.717, 1.165) is 29.6 Å². The number of rotatable bonds is 4. The van der Waals surface area contributed by atoms with E-state index in [2.05, 4.69) is 27.2 Å². The van der Waals surface area contributed by atoms with Gasteiger partial charge in [-0.25, -0.2) is 15.8 Å². The van der Waals surface area contributed by atoms with Crippen LogP contribution in [0.4, 0.5) is 11.6 Å². The van der Waals surface area contributed by atoms with Crippen molar-refractivity contribution in [1.82, 2.24) is 9.97 Å². The minimum atomic E-state index is 0.609. The standard InChI is InChI=1S/C14H25N5/c1-4-19(12-8-6-5-7-9-12)14-10(2)13(18-15)16-11(3)17-14/h12H,4-9,15H2,1-3H3,(H,16,17,18). The average Bonchev–Trinajstić information content (AvgIpc) is 2.44. The molecule has 0 aliphatic heterocycles. The molecule has 0 radical (unpaired) electrons. The summed E-state index contributed by atoms with van der Waals surface area (Å²) in [6, 6.07) is 0.609. The van der Waals surface area contributed by atoms with E-state index < -0.39 is 0 Å². The van der Waals surface area contributed by atoms with Gasteiger partial charge in [-0.2, -0.15) is 0 Å². The molecule has 1 aliphatic rings. The summed E-state index contributed by atoms with van der Waals surface area (Å²) in [7, 11) is 0. The summed E-state index contributed by atoms with van der Waals surface area (Å²) in [5.74, 6) is 8.09. The minimum Gasteiger partial charge on any atom is -0.354 e. The molecule has 1 saturated carbocycles. The highest BCUT2D eigenvalue weighted by molar-refractivity contribution is 5.58. The molecule has 2 rings (SSSR count). The molecule has 0 unspecified atom stereocenters. The van der Waals surface area contributed by atoms with E-state index >= 15 is 0 Å². The van der Waals surface area contributed by atoms with Crippen LogP contribution < -0.4 is 16.2 Å². The van der Waals surface area contributed by atoms with Crippen molar-refractivity contribution in [2.24, 2.45) is 5.84 Å². The predicted molar refractivity (Wildman–Crippen MR) is 79.2 cm³/mol. The number of nitrogen functional groups attached to an aromatic ring is 1. The molecule has 0 amide bonds. The van der Waals surface area contributed by atoms with Crippen molar-refractivity contribution in [3.8, 4) is 0 Å². The van der Waals surface area contributed by atoms with E-state index in [0.29, 0.717) is 6.04 Å². The van der Waals surface area contributed by atoms with Gasteiger partial charge < -0.3 is 10.3 Å². The van der Waals surface area contributed by atoms with Gasteiger partial charge in [-0.15, -0.1) is 0 Å². The van der Waals surface area contributed by atoms with Gasteiger partial charge in [-0.05, 0) is 33.6 Å². The number of nitrogens with one attached hydrogen (secondary N) is 1. The Balaban J connectivity index is 2.34. The Kier molecular flexibility index (Phi) is 4.58. The number of hydrogen-bond acceptors (Lipinski definition) is 5. The van der Waals surface area contributed by atoms with E-state index in [4.69, 9.17) is 5.84 Å². The van der Waals surface area contributed by atoms with Crippen molar-refractivity contribution in [1.29, 1.82) is 0 Å². The molecular weight excluding hydrogens is 238 g/mol. The monoisotopic (exact) mass is 263 g/mol. The number of hydrogen-bond donors (Lipinski definition) is 2. The molecule has 5 heteroatoms. The molecular formula is C14H25N5. The van der Waals surface area contributed by atoms with Crippen LogP contribution in [-0.4, -0.2) is 22.6 Å². The highest BCUT2D eigenvalue weighted by Crippen LogP contribution is 2.30. The highest BCUT2D eigenvalue weighted by atomic mass is 15.3. The van der Waals surface area contributed by atoms with Gasteiger partial charge in [0, 0.05) is 18.2 Å². The zero-order chi connectivity index (χ0) is 13.8. The molecule has 5 nitrogen and oxygen atoms in total. The topological polar surface area (TPSA) is 67.1 Å². The van der Waals surface area contributed by atoms with Crippen molar-refractivity contribution in [3.63, 3.8) is 0 Å². The summed E-state index contributed by atoms with van der Waals surface area (Å²) >= 11 is 0. The van der Waals surface area contributed by atoms with Crippen LogP contribution in [0.5, 0.6) is 0 Å². The number of aromatic nitrogens is 2. The molecule has 1 heterocycles. The van der Waals surface area contributed by atoms with E-state index in [9.17, 15) is 0 Å². The largest absolute Gasteiger partial charge is 0.354 e. The van der Waals surface area contributed by atoms with Crippen LogP contribution in [-0.2, 0) is 0 Å². The first-order valence-electron chi connectivity index (χ1n) is 7.25. The average molecular weight is 263 g/mol. The van der Waals surface area contributed by atoms with E-state index in [1.54, 1.807) is 0 Å². The number of nitrogens with zero attached hydrogens (tertiary/aromatic N) is 3. The molecule has 1 aromatic heterocycles. The maximum atomic E-state index is 5.55. The van der Waals surface area contributed by atoms with Crippen molar-refractivity contribution in [2.75, 3.05) is 16.9 Å². The number of nitrogens with two attached hydrogens (primary N) is 1. The first-order chi connectivity index (χ1) is 9.17. The summed E-state index contributed by atoms with van der Waals surface area (Å²) in [5, 5.41) is 0. The lowest BCUT2D eigenvalue weighted by atomic mass is 9.94. The molecule has 19 heavy (non-hydrogen) atoms. The highest BCUT2D eigenvalue weighted by Gasteiger charge is 2.23. The fraction of sp³-hybridized carbons (Fsp3) is 0.714. The first kappa shape index (κ1) is 14.1. The fourth-order valence-corrected chi connectivity index (χ4v) is 3.01. The molecule has 1 aromatic rings. The Bertz CT molecular complexity index is 426. The third kappa shape index (κ3) is 2.97. The first-order valence-corrected chi connectivity index (χ1v) is 7.25. The molecule has 0 bridgehead atoms. The second-order valence-corrected chi connectivity index (χ2v) is 5.29. The summed E-state index contributed by atoms with van der Waals surface area (Å²) in [6.45, 7) is 7.13. The van der Waals surface area contributed by atoms with Gasteiger partial charge in [-0.1, -0.05) is 19.3 Å². The molecule has 0 spiro atoms. The summed E-state index contributed by atoms with van der Waals surface area (Å²) in [6.07, 6.45) is 6.55. The molecule has 0 atom stereocenters. The molecule has 0 aromatic carbocycles.